The molecule has 1 aromatic rings. The minimum absolute atomic E-state index is 0.121. The Morgan fingerprint density at radius 1 is 0.929 bits per heavy atom. The van der Waals surface area contributed by atoms with Gasteiger partial charge in [0, 0.05) is 5.92 Å². The van der Waals surface area contributed by atoms with Crippen LogP contribution in [0.3, 0.4) is 0 Å². The first kappa shape index (κ1) is 21.3. The number of carbonyl (C=O) groups excluding carboxylic acids is 1. The van der Waals surface area contributed by atoms with Gasteiger partial charge >= 0.3 is 0 Å². The number of ether oxygens (including phenoxy) is 1. The van der Waals surface area contributed by atoms with Crippen LogP contribution in [-0.2, 0) is 0 Å². The highest BCUT2D eigenvalue weighted by Crippen LogP contribution is 2.43. The van der Waals surface area contributed by atoms with Crippen LogP contribution in [-0.4, -0.2) is 12.4 Å². The highest BCUT2D eigenvalue weighted by molar-refractivity contribution is 5.98. The van der Waals surface area contributed by atoms with Crippen molar-refractivity contribution in [1.29, 1.82) is 0 Å². The van der Waals surface area contributed by atoms with E-state index in [0.717, 1.165) is 37.5 Å². The molecule has 3 rings (SSSR count). The van der Waals surface area contributed by atoms with Crippen molar-refractivity contribution in [2.24, 2.45) is 23.7 Å². The molecule has 0 radical (unpaired) electrons. The van der Waals surface area contributed by atoms with E-state index in [4.69, 9.17) is 4.74 Å². The van der Waals surface area contributed by atoms with Gasteiger partial charge in [-0.25, -0.2) is 4.39 Å². The van der Waals surface area contributed by atoms with E-state index in [1.807, 2.05) is 0 Å². The Morgan fingerprint density at radius 2 is 1.54 bits per heavy atom. The quantitative estimate of drug-likeness (QED) is 0.469. The van der Waals surface area contributed by atoms with Crippen LogP contribution in [0, 0.1) is 35.3 Å². The molecule has 0 saturated heterocycles. The molecule has 0 amide bonds. The van der Waals surface area contributed by atoms with Crippen LogP contribution in [0.25, 0.3) is 0 Å². The van der Waals surface area contributed by atoms with Gasteiger partial charge in [-0.3, -0.25) is 4.79 Å². The molecule has 2 aliphatic rings. The number of halogens is 2. The van der Waals surface area contributed by atoms with Gasteiger partial charge in [-0.05, 0) is 75.3 Å². The van der Waals surface area contributed by atoms with Crippen LogP contribution in [0.5, 0.6) is 5.75 Å². The molecule has 28 heavy (non-hydrogen) atoms. The molecule has 0 heterocycles. The van der Waals surface area contributed by atoms with E-state index in [0.29, 0.717) is 5.92 Å². The Bertz CT molecular complexity index is 657. The molecule has 4 heteroatoms. The van der Waals surface area contributed by atoms with E-state index in [1.165, 1.54) is 50.7 Å². The number of benzene rings is 1. The summed E-state index contributed by atoms with van der Waals surface area (Å²) >= 11 is 0. The van der Waals surface area contributed by atoms with Crippen LogP contribution in [0.2, 0.25) is 0 Å². The third-order valence-corrected chi connectivity index (χ3v) is 7.01. The standard InChI is InChI=1S/C24H34F2O2/c1-3-5-16-6-8-17(9-7-16)18-10-12-19(13-11-18)24(27)20-14-15-21(28-4-2)23(26)22(20)25/h14-19H,3-13H2,1-2H3. The third-order valence-electron chi connectivity index (χ3n) is 7.01. The summed E-state index contributed by atoms with van der Waals surface area (Å²) in [7, 11) is 0. The van der Waals surface area contributed by atoms with Crippen LogP contribution < -0.4 is 4.74 Å². The van der Waals surface area contributed by atoms with Crippen molar-refractivity contribution in [2.45, 2.75) is 78.1 Å². The molecule has 0 unspecified atom stereocenters. The maximum Gasteiger partial charge on any atom is 0.201 e. The average Bonchev–Trinajstić information content (AvgIpc) is 2.72. The summed E-state index contributed by atoms with van der Waals surface area (Å²) in [6, 6.07) is 2.75. The predicted octanol–water partition coefficient (Wildman–Crippen LogP) is 6.96. The van der Waals surface area contributed by atoms with Gasteiger partial charge in [-0.15, -0.1) is 0 Å². The van der Waals surface area contributed by atoms with E-state index in [9.17, 15) is 13.6 Å². The first-order valence-corrected chi connectivity index (χ1v) is 11.2. The molecule has 2 fully saturated rings. The number of carbonyl (C=O) groups is 1. The van der Waals surface area contributed by atoms with Gasteiger partial charge in [-0.2, -0.15) is 4.39 Å². The zero-order valence-corrected chi connectivity index (χ0v) is 17.3. The van der Waals surface area contributed by atoms with Crippen LogP contribution in [0.4, 0.5) is 8.78 Å². The predicted molar refractivity (Wildman–Crippen MR) is 108 cm³/mol. The van der Waals surface area contributed by atoms with Gasteiger partial charge in [0.25, 0.3) is 0 Å². The van der Waals surface area contributed by atoms with Crippen molar-refractivity contribution >= 4 is 5.78 Å². The van der Waals surface area contributed by atoms with Crippen LogP contribution >= 0.6 is 0 Å². The maximum atomic E-state index is 14.4. The monoisotopic (exact) mass is 392 g/mol. The molecule has 2 aliphatic carbocycles. The van der Waals surface area contributed by atoms with Gasteiger partial charge in [0.1, 0.15) is 0 Å². The van der Waals surface area contributed by atoms with Gasteiger partial charge in [0.05, 0.1) is 12.2 Å². The Hall–Kier alpha value is -1.45. The SMILES string of the molecule is CCCC1CCC(C2CCC(C(=O)c3ccc(OCC)c(F)c3F)CC2)CC1. The van der Waals surface area contributed by atoms with Gasteiger partial charge < -0.3 is 4.74 Å². The molecular weight excluding hydrogens is 358 g/mol. The molecule has 0 N–H and O–H groups in total. The first-order valence-electron chi connectivity index (χ1n) is 11.2. The van der Waals surface area contributed by atoms with Crippen LogP contribution in [0.15, 0.2) is 12.1 Å². The normalized spacial score (nSPS) is 28.1. The summed E-state index contributed by atoms with van der Waals surface area (Å²) < 4.78 is 33.6. The number of ketones is 1. The zero-order valence-electron chi connectivity index (χ0n) is 17.3. The number of hydrogen-bond donors (Lipinski definition) is 0. The van der Waals surface area contributed by atoms with Crippen LogP contribution in [0.1, 0.15) is 88.4 Å². The van der Waals surface area contributed by atoms with Gasteiger partial charge in [0.2, 0.25) is 5.82 Å². The van der Waals surface area contributed by atoms with Crippen molar-refractivity contribution in [2.75, 3.05) is 6.61 Å². The zero-order chi connectivity index (χ0) is 20.1. The van der Waals surface area contributed by atoms with Crippen molar-refractivity contribution < 1.29 is 18.3 Å². The van der Waals surface area contributed by atoms with Crippen molar-refractivity contribution in [3.63, 3.8) is 0 Å². The Balaban J connectivity index is 1.55. The largest absolute Gasteiger partial charge is 0.491 e. The Kier molecular flexibility index (Phi) is 7.48. The number of Topliss-reactive ketones (excluding diaryl/α,β-unsaturated/α-hetero) is 1. The third kappa shape index (κ3) is 4.75. The molecule has 0 bridgehead atoms. The fourth-order valence-corrected chi connectivity index (χ4v) is 5.42. The molecule has 156 valence electrons. The van der Waals surface area contributed by atoms with Gasteiger partial charge in [-0.1, -0.05) is 32.6 Å². The molecule has 1 aromatic carbocycles. The molecule has 2 saturated carbocycles. The molecular formula is C24H34F2O2. The summed E-state index contributed by atoms with van der Waals surface area (Å²) in [5.74, 6) is -0.255. The lowest BCUT2D eigenvalue weighted by atomic mass is 9.68. The average molecular weight is 393 g/mol. The lowest BCUT2D eigenvalue weighted by molar-refractivity contribution is 0.0823. The lowest BCUT2D eigenvalue weighted by Crippen LogP contribution is -2.28. The summed E-state index contributed by atoms with van der Waals surface area (Å²) in [5, 5.41) is 0. The summed E-state index contributed by atoms with van der Waals surface area (Å²) in [5.41, 5.74) is -0.121. The van der Waals surface area contributed by atoms with Gasteiger partial charge in [0.15, 0.2) is 17.3 Å². The van der Waals surface area contributed by atoms with E-state index >= 15 is 0 Å². The first-order chi connectivity index (χ1) is 13.5. The topological polar surface area (TPSA) is 26.3 Å². The molecule has 0 aromatic heterocycles. The smallest absolute Gasteiger partial charge is 0.201 e. The van der Waals surface area contributed by atoms with E-state index in [2.05, 4.69) is 6.92 Å². The fraction of sp³-hybridized carbons (Fsp3) is 0.708. The fourth-order valence-electron chi connectivity index (χ4n) is 5.42. The highest BCUT2D eigenvalue weighted by Gasteiger charge is 2.34. The van der Waals surface area contributed by atoms with E-state index < -0.39 is 11.6 Å². The van der Waals surface area contributed by atoms with Crippen molar-refractivity contribution in [3.05, 3.63) is 29.3 Å². The number of hydrogen-bond acceptors (Lipinski definition) is 2. The summed E-state index contributed by atoms with van der Waals surface area (Å²) in [4.78, 5) is 12.8. The maximum absolute atomic E-state index is 14.4. The Morgan fingerprint density at radius 3 is 2.11 bits per heavy atom. The second-order valence-corrected chi connectivity index (χ2v) is 8.72. The second-order valence-electron chi connectivity index (χ2n) is 8.72. The van der Waals surface area contributed by atoms with Crippen molar-refractivity contribution in [1.82, 2.24) is 0 Å². The molecule has 0 atom stereocenters. The number of rotatable bonds is 7. The van der Waals surface area contributed by atoms with E-state index in [1.54, 1.807) is 6.92 Å². The summed E-state index contributed by atoms with van der Waals surface area (Å²) in [6.45, 7) is 4.24. The summed E-state index contributed by atoms with van der Waals surface area (Å²) in [6.07, 6.45) is 11.7. The van der Waals surface area contributed by atoms with E-state index in [-0.39, 0.29) is 29.6 Å². The van der Waals surface area contributed by atoms with Crippen molar-refractivity contribution in [3.8, 4) is 5.75 Å². The lowest BCUT2D eigenvalue weighted by Gasteiger charge is -2.37. The molecule has 0 aliphatic heterocycles. The minimum Gasteiger partial charge on any atom is -0.491 e. The molecule has 0 spiro atoms. The highest BCUT2D eigenvalue weighted by atomic mass is 19.2. The second kappa shape index (κ2) is 9.84. The Labute approximate surface area is 168 Å². The minimum atomic E-state index is -1.06. The molecule has 2 nitrogen and oxygen atoms in total.